The number of aliphatic hydroxyl groups is 1. The van der Waals surface area contributed by atoms with Crippen molar-refractivity contribution < 1.29 is 31.4 Å². The Morgan fingerprint density at radius 1 is 0.931 bits per heavy atom. The number of benzene rings is 2. The van der Waals surface area contributed by atoms with Crippen LogP contribution in [0.4, 0.5) is 26.3 Å². The molecule has 0 fully saturated rings. The maximum absolute atomic E-state index is 13.1. The summed E-state index contributed by atoms with van der Waals surface area (Å²) in [6.45, 7) is -0.452. The summed E-state index contributed by atoms with van der Waals surface area (Å²) in [5, 5.41) is 16.5. The topological polar surface area (TPSA) is 50.9 Å². The molecular weight excluding hydrogens is 420 g/mol. The van der Waals surface area contributed by atoms with Crippen molar-refractivity contribution in [1.82, 2.24) is 15.0 Å². The van der Waals surface area contributed by atoms with E-state index < -0.39 is 35.1 Å². The fraction of sp³-hybridized carbons (Fsp3) is 0.167. The molecule has 3 rings (SSSR count). The lowest BCUT2D eigenvalue weighted by Gasteiger charge is -2.15. The first-order valence-electron chi connectivity index (χ1n) is 7.97. The number of nitrogens with zero attached hydrogens (tertiary/aromatic N) is 3. The summed E-state index contributed by atoms with van der Waals surface area (Å²) < 4.78 is 79.5. The van der Waals surface area contributed by atoms with E-state index in [1.54, 1.807) is 30.3 Å². The number of hydrogen-bond donors (Lipinski definition) is 1. The molecule has 0 spiro atoms. The minimum atomic E-state index is -4.96. The van der Waals surface area contributed by atoms with E-state index in [2.05, 4.69) is 10.3 Å². The first kappa shape index (κ1) is 20.8. The Bertz CT molecular complexity index is 1010. The Morgan fingerprint density at radius 3 is 1.97 bits per heavy atom. The number of alkyl halides is 6. The van der Waals surface area contributed by atoms with Crippen LogP contribution >= 0.6 is 12.2 Å². The van der Waals surface area contributed by atoms with E-state index in [9.17, 15) is 31.4 Å². The minimum absolute atomic E-state index is 0.0528. The summed E-state index contributed by atoms with van der Waals surface area (Å²) >= 11 is 4.71. The third-order valence-electron chi connectivity index (χ3n) is 3.96. The van der Waals surface area contributed by atoms with Gasteiger partial charge in [0, 0.05) is 5.56 Å². The monoisotopic (exact) mass is 431 g/mol. The van der Waals surface area contributed by atoms with E-state index in [0.29, 0.717) is 17.7 Å². The van der Waals surface area contributed by atoms with E-state index >= 15 is 0 Å². The standard InChI is InChI=1S/C18H11F6N3OS/c19-17(20,21)12-6-10(7-13(8-12)18(22,23)24)9-27-15(11-4-2-1-3-5-11)14(16(28)29)25-26-27/h1-8H,9H2,(H,28,29). The zero-order valence-electron chi connectivity index (χ0n) is 14.3. The fourth-order valence-electron chi connectivity index (χ4n) is 2.73. The van der Waals surface area contributed by atoms with E-state index in [0.717, 1.165) is 4.68 Å². The molecule has 0 aliphatic heterocycles. The van der Waals surface area contributed by atoms with Gasteiger partial charge in [0.15, 0.2) is 5.69 Å². The predicted molar refractivity (Wildman–Crippen MR) is 95.3 cm³/mol. The van der Waals surface area contributed by atoms with Crippen molar-refractivity contribution in [3.63, 3.8) is 0 Å². The van der Waals surface area contributed by atoms with Gasteiger partial charge in [-0.25, -0.2) is 4.68 Å². The largest absolute Gasteiger partial charge is 0.497 e. The summed E-state index contributed by atoms with van der Waals surface area (Å²) in [6, 6.07) is 9.53. The van der Waals surface area contributed by atoms with Crippen LogP contribution < -0.4 is 0 Å². The molecule has 4 nitrogen and oxygen atoms in total. The zero-order chi connectivity index (χ0) is 21.4. The highest BCUT2D eigenvalue weighted by atomic mass is 32.1. The van der Waals surface area contributed by atoms with Gasteiger partial charge in [-0.15, -0.1) is 5.10 Å². The van der Waals surface area contributed by atoms with Gasteiger partial charge >= 0.3 is 12.4 Å². The van der Waals surface area contributed by atoms with Gasteiger partial charge in [-0.1, -0.05) is 35.5 Å². The lowest BCUT2D eigenvalue weighted by Crippen LogP contribution is -2.13. The average molecular weight is 431 g/mol. The molecule has 1 aromatic heterocycles. The van der Waals surface area contributed by atoms with Crippen molar-refractivity contribution in [1.29, 1.82) is 0 Å². The van der Waals surface area contributed by atoms with Crippen molar-refractivity contribution in [2.75, 3.05) is 0 Å². The molecule has 152 valence electrons. The number of aliphatic hydroxyl groups excluding tert-OH is 1. The Balaban J connectivity index is 2.12. The van der Waals surface area contributed by atoms with Gasteiger partial charge in [-0.2, -0.15) is 26.3 Å². The molecule has 29 heavy (non-hydrogen) atoms. The van der Waals surface area contributed by atoms with Gasteiger partial charge in [0.1, 0.15) is 5.69 Å². The molecule has 0 bridgehead atoms. The van der Waals surface area contributed by atoms with Crippen molar-refractivity contribution in [2.24, 2.45) is 0 Å². The maximum Gasteiger partial charge on any atom is 0.416 e. The smallest absolute Gasteiger partial charge is 0.416 e. The SMILES string of the molecule is OC(=S)c1nnn(Cc2cc(C(F)(F)F)cc(C(F)(F)F)c2)c1-c1ccccc1. The van der Waals surface area contributed by atoms with Crippen LogP contribution in [0.15, 0.2) is 48.5 Å². The Morgan fingerprint density at radius 2 is 1.48 bits per heavy atom. The molecule has 0 saturated heterocycles. The van der Waals surface area contributed by atoms with Crippen LogP contribution in [0, 0.1) is 0 Å². The molecule has 2 aromatic carbocycles. The predicted octanol–water partition coefficient (Wildman–Crippen LogP) is 5.26. The molecule has 3 aromatic rings. The third kappa shape index (κ3) is 4.56. The van der Waals surface area contributed by atoms with Crippen LogP contribution in [0.1, 0.15) is 22.4 Å². The van der Waals surface area contributed by atoms with Gasteiger partial charge < -0.3 is 5.11 Å². The number of aromatic nitrogens is 3. The van der Waals surface area contributed by atoms with E-state index in [1.807, 2.05) is 0 Å². The lowest BCUT2D eigenvalue weighted by atomic mass is 10.0. The first-order valence-corrected chi connectivity index (χ1v) is 8.38. The van der Waals surface area contributed by atoms with Crippen molar-refractivity contribution >= 4 is 17.3 Å². The van der Waals surface area contributed by atoms with Crippen LogP contribution in [-0.4, -0.2) is 25.2 Å². The summed E-state index contributed by atoms with van der Waals surface area (Å²) in [5.74, 6) is 0. The molecule has 0 aliphatic rings. The van der Waals surface area contributed by atoms with Gasteiger partial charge in [0.05, 0.1) is 17.7 Å². The average Bonchev–Trinajstić information content (AvgIpc) is 3.04. The quantitative estimate of drug-likeness (QED) is 0.452. The second-order valence-electron chi connectivity index (χ2n) is 6.03. The van der Waals surface area contributed by atoms with E-state index in [4.69, 9.17) is 12.2 Å². The first-order chi connectivity index (χ1) is 13.5. The number of halogens is 6. The summed E-state index contributed by atoms with van der Waals surface area (Å²) in [4.78, 5) is 0. The maximum atomic E-state index is 13.1. The van der Waals surface area contributed by atoms with Crippen LogP contribution in [0.25, 0.3) is 11.3 Å². The van der Waals surface area contributed by atoms with Crippen LogP contribution in [0.3, 0.4) is 0 Å². The molecule has 0 radical (unpaired) electrons. The Hall–Kier alpha value is -2.95. The molecule has 1 N–H and O–H groups in total. The van der Waals surface area contributed by atoms with Gasteiger partial charge in [-0.05, 0) is 36.0 Å². The number of thiocarbonyl (C=S) groups is 1. The Labute approximate surface area is 165 Å². The highest BCUT2D eigenvalue weighted by molar-refractivity contribution is 7.80. The summed E-state index contributed by atoms with van der Waals surface area (Å²) in [5.41, 5.74) is -2.60. The lowest BCUT2D eigenvalue weighted by molar-refractivity contribution is -0.143. The molecule has 11 heteroatoms. The molecule has 0 saturated carbocycles. The third-order valence-corrected chi connectivity index (χ3v) is 4.16. The van der Waals surface area contributed by atoms with Crippen molar-refractivity contribution in [2.45, 2.75) is 18.9 Å². The second kappa shape index (κ2) is 7.47. The minimum Gasteiger partial charge on any atom is -0.497 e. The second-order valence-corrected chi connectivity index (χ2v) is 6.42. The molecular formula is C18H11F6N3OS. The van der Waals surface area contributed by atoms with E-state index in [1.165, 1.54) is 0 Å². The molecule has 0 unspecified atom stereocenters. The highest BCUT2D eigenvalue weighted by Gasteiger charge is 2.37. The zero-order valence-corrected chi connectivity index (χ0v) is 15.1. The van der Waals surface area contributed by atoms with Crippen molar-refractivity contribution in [3.05, 3.63) is 70.9 Å². The van der Waals surface area contributed by atoms with Crippen LogP contribution in [-0.2, 0) is 18.9 Å². The fourth-order valence-corrected chi connectivity index (χ4v) is 2.87. The molecule has 0 amide bonds. The Kier molecular flexibility index (Phi) is 5.35. The van der Waals surface area contributed by atoms with Gasteiger partial charge in [0.2, 0.25) is 5.05 Å². The van der Waals surface area contributed by atoms with Crippen LogP contribution in [0.5, 0.6) is 0 Å². The molecule has 0 aliphatic carbocycles. The molecule has 1 heterocycles. The van der Waals surface area contributed by atoms with Gasteiger partial charge in [0.25, 0.3) is 0 Å². The number of hydrogen-bond acceptors (Lipinski definition) is 3. The van der Waals surface area contributed by atoms with E-state index in [-0.39, 0.29) is 23.0 Å². The highest BCUT2D eigenvalue weighted by Crippen LogP contribution is 2.36. The molecule has 0 atom stereocenters. The van der Waals surface area contributed by atoms with Crippen molar-refractivity contribution in [3.8, 4) is 11.3 Å². The van der Waals surface area contributed by atoms with Gasteiger partial charge in [-0.3, -0.25) is 0 Å². The number of rotatable bonds is 4. The summed E-state index contributed by atoms with van der Waals surface area (Å²) in [6.07, 6.45) is -9.92. The summed E-state index contributed by atoms with van der Waals surface area (Å²) in [7, 11) is 0. The van der Waals surface area contributed by atoms with Crippen LogP contribution in [0.2, 0.25) is 0 Å². The normalized spacial score (nSPS) is 12.2.